The lowest BCUT2D eigenvalue weighted by molar-refractivity contribution is 0.134. The van der Waals surface area contributed by atoms with Crippen LogP contribution in [0.4, 0.5) is 0 Å². The van der Waals surface area contributed by atoms with Crippen molar-refractivity contribution in [2.75, 3.05) is 26.2 Å². The second-order valence-electron chi connectivity index (χ2n) is 8.68. The lowest BCUT2D eigenvalue weighted by Crippen LogP contribution is -2.47. The van der Waals surface area contributed by atoms with Crippen LogP contribution in [0.2, 0.25) is 0 Å². The van der Waals surface area contributed by atoms with Crippen molar-refractivity contribution in [2.24, 2.45) is 0 Å². The summed E-state index contributed by atoms with van der Waals surface area (Å²) in [5, 5.41) is 1.17. The Morgan fingerprint density at radius 2 is 1.52 bits per heavy atom. The van der Waals surface area contributed by atoms with Crippen LogP contribution in [0.3, 0.4) is 0 Å². The normalized spacial score (nSPS) is 23.3. The molecular weight excluding hydrogens is 386 g/mol. The summed E-state index contributed by atoms with van der Waals surface area (Å²) in [6, 6.07) is 9.11. The van der Waals surface area contributed by atoms with E-state index < -0.39 is 10.2 Å². The summed E-state index contributed by atoms with van der Waals surface area (Å²) in [5.41, 5.74) is 1.25. The van der Waals surface area contributed by atoms with Gasteiger partial charge in [-0.2, -0.15) is 17.0 Å². The molecule has 0 atom stereocenters. The van der Waals surface area contributed by atoms with Crippen molar-refractivity contribution in [3.63, 3.8) is 0 Å². The van der Waals surface area contributed by atoms with Gasteiger partial charge in [-0.15, -0.1) is 0 Å². The van der Waals surface area contributed by atoms with E-state index in [9.17, 15) is 8.42 Å². The number of hydrogen-bond donors (Lipinski definition) is 0. The van der Waals surface area contributed by atoms with E-state index in [0.717, 1.165) is 31.4 Å². The van der Waals surface area contributed by atoms with Gasteiger partial charge in [0.05, 0.1) is 5.52 Å². The Morgan fingerprint density at radius 1 is 0.828 bits per heavy atom. The molecule has 158 valence electrons. The molecule has 0 amide bonds. The van der Waals surface area contributed by atoms with E-state index in [2.05, 4.69) is 35.0 Å². The van der Waals surface area contributed by atoms with Gasteiger partial charge in [0.15, 0.2) is 0 Å². The fourth-order valence-electron chi connectivity index (χ4n) is 5.21. The zero-order valence-electron chi connectivity index (χ0n) is 17.0. The molecule has 3 aliphatic rings. The van der Waals surface area contributed by atoms with E-state index in [-0.39, 0.29) is 6.10 Å². The number of hydrogen-bond acceptors (Lipinski definition) is 3. The van der Waals surface area contributed by atoms with Crippen LogP contribution in [-0.2, 0) is 10.2 Å². The third-order valence-electron chi connectivity index (χ3n) is 6.85. The van der Waals surface area contributed by atoms with Gasteiger partial charge >= 0.3 is 0 Å². The fraction of sp³-hybridized carbons (Fsp3) is 0.636. The molecular formula is C22H31N3O3S. The van der Waals surface area contributed by atoms with Gasteiger partial charge in [0.2, 0.25) is 0 Å². The molecule has 3 fully saturated rings. The van der Waals surface area contributed by atoms with Crippen LogP contribution < -0.4 is 4.74 Å². The molecule has 3 heterocycles. The molecule has 2 aliphatic heterocycles. The molecule has 1 saturated carbocycles. The number of rotatable bonds is 5. The first-order valence-corrected chi connectivity index (χ1v) is 12.5. The Hall–Kier alpha value is -1.57. The minimum atomic E-state index is -3.29. The molecule has 29 heavy (non-hydrogen) atoms. The summed E-state index contributed by atoms with van der Waals surface area (Å²) in [6.07, 6.45) is 10.9. The molecule has 0 N–H and O–H groups in total. The third kappa shape index (κ3) is 3.68. The topological polar surface area (TPSA) is 54.8 Å². The average Bonchev–Trinajstić information content (AvgIpc) is 3.49. The average molecular weight is 418 g/mol. The van der Waals surface area contributed by atoms with Crippen molar-refractivity contribution >= 4 is 21.1 Å². The second kappa shape index (κ2) is 7.93. The molecule has 0 unspecified atom stereocenters. The maximum Gasteiger partial charge on any atom is 0.281 e. The van der Waals surface area contributed by atoms with Crippen molar-refractivity contribution < 1.29 is 13.2 Å². The summed E-state index contributed by atoms with van der Waals surface area (Å²) in [4.78, 5) is 0. The third-order valence-corrected chi connectivity index (χ3v) is 8.89. The molecule has 2 aromatic rings. The Morgan fingerprint density at radius 3 is 2.24 bits per heavy atom. The van der Waals surface area contributed by atoms with Crippen molar-refractivity contribution in [1.29, 1.82) is 0 Å². The molecule has 1 aromatic carbocycles. The number of benzene rings is 1. The van der Waals surface area contributed by atoms with Gasteiger partial charge in [0, 0.05) is 43.8 Å². The number of aromatic nitrogens is 1. The standard InChI is InChI=1S/C22H31N3O3S/c26-29(27,23-13-3-4-14-23)24-15-10-19(11-16-24)28-22-9-5-8-21-20(22)12-17-25(21)18-6-1-2-7-18/h5,8-9,12,17-19H,1-4,6-7,10-11,13-16H2. The van der Waals surface area contributed by atoms with Crippen molar-refractivity contribution in [1.82, 2.24) is 13.2 Å². The molecule has 1 aliphatic carbocycles. The molecule has 5 rings (SSSR count). The van der Waals surface area contributed by atoms with Crippen LogP contribution in [0.5, 0.6) is 5.75 Å². The van der Waals surface area contributed by atoms with Gasteiger partial charge in [-0.1, -0.05) is 18.9 Å². The summed E-state index contributed by atoms with van der Waals surface area (Å²) in [6.45, 7) is 2.42. The SMILES string of the molecule is O=S(=O)(N1CCCC1)N1CCC(Oc2cccc3c2ccn3C2CCCC2)CC1. The van der Waals surface area contributed by atoms with Crippen LogP contribution in [0.15, 0.2) is 30.5 Å². The first-order chi connectivity index (χ1) is 14.1. The minimum absolute atomic E-state index is 0.0699. The molecule has 6 nitrogen and oxygen atoms in total. The van der Waals surface area contributed by atoms with Crippen LogP contribution in [0.25, 0.3) is 10.9 Å². The summed E-state index contributed by atoms with van der Waals surface area (Å²) in [5.74, 6) is 0.931. The van der Waals surface area contributed by atoms with Gasteiger partial charge in [-0.25, -0.2) is 0 Å². The highest BCUT2D eigenvalue weighted by atomic mass is 32.2. The van der Waals surface area contributed by atoms with Crippen molar-refractivity contribution in [2.45, 2.75) is 63.5 Å². The first-order valence-electron chi connectivity index (χ1n) is 11.1. The van der Waals surface area contributed by atoms with E-state index in [1.807, 2.05) is 0 Å². The van der Waals surface area contributed by atoms with E-state index >= 15 is 0 Å². The number of nitrogens with zero attached hydrogens (tertiary/aromatic N) is 3. The quantitative estimate of drug-likeness (QED) is 0.740. The molecule has 2 saturated heterocycles. The first kappa shape index (κ1) is 19.4. The Bertz CT molecular complexity index is 951. The van der Waals surface area contributed by atoms with Gasteiger partial charge in [-0.05, 0) is 56.7 Å². The summed E-state index contributed by atoms with van der Waals surface area (Å²) >= 11 is 0. The second-order valence-corrected chi connectivity index (χ2v) is 10.6. The van der Waals surface area contributed by atoms with Crippen LogP contribution in [0, 0.1) is 0 Å². The molecule has 1 aromatic heterocycles. The summed E-state index contributed by atoms with van der Waals surface area (Å²) in [7, 11) is -3.29. The largest absolute Gasteiger partial charge is 0.490 e. The molecule has 7 heteroatoms. The van der Waals surface area contributed by atoms with Gasteiger partial charge < -0.3 is 9.30 Å². The predicted octanol–water partition coefficient (Wildman–Crippen LogP) is 3.94. The smallest absolute Gasteiger partial charge is 0.281 e. The lowest BCUT2D eigenvalue weighted by atomic mass is 10.1. The van der Waals surface area contributed by atoms with Crippen LogP contribution in [0.1, 0.15) is 57.4 Å². The number of piperidine rings is 1. The maximum absolute atomic E-state index is 12.8. The van der Waals surface area contributed by atoms with Crippen molar-refractivity contribution in [3.05, 3.63) is 30.5 Å². The van der Waals surface area contributed by atoms with E-state index in [4.69, 9.17) is 4.74 Å². The van der Waals surface area contributed by atoms with E-state index in [0.29, 0.717) is 32.2 Å². The Labute approximate surface area is 173 Å². The lowest BCUT2D eigenvalue weighted by Gasteiger charge is -2.33. The molecule has 0 radical (unpaired) electrons. The zero-order chi connectivity index (χ0) is 19.8. The highest BCUT2D eigenvalue weighted by Gasteiger charge is 2.34. The van der Waals surface area contributed by atoms with Crippen LogP contribution >= 0.6 is 0 Å². The number of ether oxygens (including phenoxy) is 1. The summed E-state index contributed by atoms with van der Waals surface area (Å²) < 4.78 is 37.6. The van der Waals surface area contributed by atoms with E-state index in [1.54, 1.807) is 8.61 Å². The van der Waals surface area contributed by atoms with Crippen LogP contribution in [-0.4, -0.2) is 53.9 Å². The minimum Gasteiger partial charge on any atom is -0.490 e. The Balaban J connectivity index is 1.26. The zero-order valence-corrected chi connectivity index (χ0v) is 17.8. The molecule has 0 spiro atoms. The van der Waals surface area contributed by atoms with E-state index in [1.165, 1.54) is 36.6 Å². The Kier molecular flexibility index (Phi) is 5.30. The van der Waals surface area contributed by atoms with Gasteiger partial charge in [-0.3, -0.25) is 0 Å². The predicted molar refractivity (Wildman–Crippen MR) is 114 cm³/mol. The monoisotopic (exact) mass is 417 g/mol. The highest BCUT2D eigenvalue weighted by Crippen LogP contribution is 2.36. The van der Waals surface area contributed by atoms with Gasteiger partial charge in [0.1, 0.15) is 11.9 Å². The van der Waals surface area contributed by atoms with Crippen molar-refractivity contribution in [3.8, 4) is 5.75 Å². The molecule has 0 bridgehead atoms. The fourth-order valence-corrected chi connectivity index (χ4v) is 6.92. The van der Waals surface area contributed by atoms with Gasteiger partial charge in [0.25, 0.3) is 10.2 Å². The highest BCUT2D eigenvalue weighted by molar-refractivity contribution is 7.86. The number of fused-ring (bicyclic) bond motifs is 1. The maximum atomic E-state index is 12.8.